The quantitative estimate of drug-likeness (QED) is 0.914. The minimum Gasteiger partial charge on any atom is -0.370 e. The molecule has 0 amide bonds. The Balaban J connectivity index is 2.17. The summed E-state index contributed by atoms with van der Waals surface area (Å²) in [6.45, 7) is 9.70. The predicted molar refractivity (Wildman–Crippen MR) is 87.6 cm³/mol. The molecule has 1 aromatic rings. The largest absolute Gasteiger partial charge is 0.370 e. The SMILES string of the molecule is CC(C)(C)NCc1cc(Cl)ccc1N1CCSCC1. The lowest BCUT2D eigenvalue weighted by molar-refractivity contribution is 0.424. The number of hydrogen-bond acceptors (Lipinski definition) is 3. The van der Waals surface area contributed by atoms with Crippen LogP contribution in [0.25, 0.3) is 0 Å². The number of thioether (sulfide) groups is 1. The van der Waals surface area contributed by atoms with Gasteiger partial charge in [0.1, 0.15) is 0 Å². The molecule has 0 atom stereocenters. The second kappa shape index (κ2) is 6.38. The van der Waals surface area contributed by atoms with Crippen molar-refractivity contribution in [3.05, 3.63) is 28.8 Å². The van der Waals surface area contributed by atoms with E-state index in [9.17, 15) is 0 Å². The van der Waals surface area contributed by atoms with Gasteiger partial charge in [-0.05, 0) is 44.5 Å². The van der Waals surface area contributed by atoms with Gasteiger partial charge in [-0.25, -0.2) is 0 Å². The number of rotatable bonds is 3. The Hall–Kier alpha value is -0.380. The highest BCUT2D eigenvalue weighted by molar-refractivity contribution is 7.99. The molecule has 1 heterocycles. The van der Waals surface area contributed by atoms with Gasteiger partial charge in [0.2, 0.25) is 0 Å². The van der Waals surface area contributed by atoms with Gasteiger partial charge in [0.25, 0.3) is 0 Å². The van der Waals surface area contributed by atoms with Crippen molar-refractivity contribution < 1.29 is 0 Å². The maximum atomic E-state index is 6.16. The van der Waals surface area contributed by atoms with E-state index in [1.807, 2.05) is 17.8 Å². The Bertz CT molecular complexity index is 423. The van der Waals surface area contributed by atoms with Gasteiger partial charge in [0, 0.05) is 47.4 Å². The molecule has 2 nitrogen and oxygen atoms in total. The van der Waals surface area contributed by atoms with Crippen molar-refractivity contribution in [2.45, 2.75) is 32.9 Å². The fraction of sp³-hybridized carbons (Fsp3) is 0.600. The van der Waals surface area contributed by atoms with Crippen LogP contribution in [0.2, 0.25) is 5.02 Å². The number of nitrogens with zero attached hydrogens (tertiary/aromatic N) is 1. The van der Waals surface area contributed by atoms with Crippen LogP contribution in [0, 0.1) is 0 Å². The van der Waals surface area contributed by atoms with E-state index in [1.54, 1.807) is 0 Å². The molecule has 1 aliphatic rings. The lowest BCUT2D eigenvalue weighted by Gasteiger charge is -2.31. The monoisotopic (exact) mass is 298 g/mol. The zero-order valence-corrected chi connectivity index (χ0v) is 13.6. The molecule has 0 spiro atoms. The number of halogens is 1. The maximum Gasteiger partial charge on any atom is 0.0413 e. The zero-order chi connectivity index (χ0) is 13.9. The summed E-state index contributed by atoms with van der Waals surface area (Å²) in [7, 11) is 0. The highest BCUT2D eigenvalue weighted by Crippen LogP contribution is 2.27. The maximum absolute atomic E-state index is 6.16. The van der Waals surface area contributed by atoms with Crippen molar-refractivity contribution in [2.24, 2.45) is 0 Å². The molecule has 1 aliphatic heterocycles. The highest BCUT2D eigenvalue weighted by Gasteiger charge is 2.16. The molecule has 19 heavy (non-hydrogen) atoms. The Morgan fingerprint density at radius 2 is 1.95 bits per heavy atom. The fourth-order valence-corrected chi connectivity index (χ4v) is 3.27. The topological polar surface area (TPSA) is 15.3 Å². The Kier molecular flexibility index (Phi) is 5.04. The Labute approximate surface area is 125 Å². The van der Waals surface area contributed by atoms with Gasteiger partial charge < -0.3 is 10.2 Å². The second-order valence-corrected chi connectivity index (χ2v) is 7.64. The third kappa shape index (κ3) is 4.59. The van der Waals surface area contributed by atoms with Crippen LogP contribution in [0.3, 0.4) is 0 Å². The van der Waals surface area contributed by atoms with E-state index < -0.39 is 0 Å². The van der Waals surface area contributed by atoms with Crippen molar-refractivity contribution >= 4 is 29.1 Å². The van der Waals surface area contributed by atoms with Crippen LogP contribution in [-0.2, 0) is 6.54 Å². The van der Waals surface area contributed by atoms with E-state index in [0.29, 0.717) is 0 Å². The lowest BCUT2D eigenvalue weighted by Crippen LogP contribution is -2.37. The average molecular weight is 299 g/mol. The summed E-state index contributed by atoms with van der Waals surface area (Å²) >= 11 is 8.19. The highest BCUT2D eigenvalue weighted by atomic mass is 35.5. The molecule has 0 unspecified atom stereocenters. The standard InChI is InChI=1S/C15H23ClN2S/c1-15(2,3)17-11-12-10-13(16)4-5-14(12)18-6-8-19-9-7-18/h4-5,10,17H,6-9,11H2,1-3H3. The van der Waals surface area contributed by atoms with E-state index >= 15 is 0 Å². The minimum atomic E-state index is 0.122. The summed E-state index contributed by atoms with van der Waals surface area (Å²) in [6, 6.07) is 6.26. The van der Waals surface area contributed by atoms with Crippen molar-refractivity contribution in [3.8, 4) is 0 Å². The molecule has 0 radical (unpaired) electrons. The van der Waals surface area contributed by atoms with Crippen molar-refractivity contribution in [2.75, 3.05) is 29.5 Å². The van der Waals surface area contributed by atoms with Gasteiger partial charge in [-0.2, -0.15) is 11.8 Å². The summed E-state index contributed by atoms with van der Waals surface area (Å²) < 4.78 is 0. The molecule has 1 fully saturated rings. The van der Waals surface area contributed by atoms with Gasteiger partial charge in [-0.15, -0.1) is 0 Å². The Morgan fingerprint density at radius 1 is 1.26 bits per heavy atom. The molecular weight excluding hydrogens is 276 g/mol. The molecule has 4 heteroatoms. The second-order valence-electron chi connectivity index (χ2n) is 5.98. The molecule has 0 aliphatic carbocycles. The van der Waals surface area contributed by atoms with Crippen LogP contribution in [0.5, 0.6) is 0 Å². The summed E-state index contributed by atoms with van der Waals surface area (Å²) in [5.74, 6) is 2.43. The van der Waals surface area contributed by atoms with Gasteiger partial charge in [0.15, 0.2) is 0 Å². The van der Waals surface area contributed by atoms with Gasteiger partial charge >= 0.3 is 0 Å². The average Bonchev–Trinajstić information content (AvgIpc) is 2.37. The fourth-order valence-electron chi connectivity index (χ4n) is 2.17. The molecule has 2 rings (SSSR count). The van der Waals surface area contributed by atoms with Crippen LogP contribution in [0.1, 0.15) is 26.3 Å². The smallest absolute Gasteiger partial charge is 0.0413 e. The first-order chi connectivity index (χ1) is 8.96. The summed E-state index contributed by atoms with van der Waals surface area (Å²) in [5.41, 5.74) is 2.76. The number of anilines is 1. The summed E-state index contributed by atoms with van der Waals surface area (Å²) in [5, 5.41) is 4.37. The van der Waals surface area contributed by atoms with E-state index in [0.717, 1.165) is 24.7 Å². The molecule has 0 saturated carbocycles. The minimum absolute atomic E-state index is 0.122. The van der Waals surface area contributed by atoms with Crippen LogP contribution >= 0.6 is 23.4 Å². The van der Waals surface area contributed by atoms with Crippen molar-refractivity contribution in [3.63, 3.8) is 0 Å². The van der Waals surface area contributed by atoms with Crippen LogP contribution in [0.4, 0.5) is 5.69 Å². The first-order valence-electron chi connectivity index (χ1n) is 6.82. The van der Waals surface area contributed by atoms with E-state index in [1.165, 1.54) is 22.8 Å². The van der Waals surface area contributed by atoms with Gasteiger partial charge in [-0.1, -0.05) is 11.6 Å². The predicted octanol–water partition coefficient (Wildman–Crippen LogP) is 3.78. The normalized spacial score (nSPS) is 16.7. The molecule has 0 aromatic heterocycles. The molecule has 1 N–H and O–H groups in total. The lowest BCUT2D eigenvalue weighted by atomic mass is 10.1. The molecule has 1 aromatic carbocycles. The first-order valence-corrected chi connectivity index (χ1v) is 8.35. The summed E-state index contributed by atoms with van der Waals surface area (Å²) in [6.07, 6.45) is 0. The Morgan fingerprint density at radius 3 is 2.58 bits per heavy atom. The zero-order valence-electron chi connectivity index (χ0n) is 12.0. The third-order valence-corrected chi connectivity index (χ3v) is 4.38. The van der Waals surface area contributed by atoms with Crippen molar-refractivity contribution in [1.82, 2.24) is 5.32 Å². The summed E-state index contributed by atoms with van der Waals surface area (Å²) in [4.78, 5) is 2.48. The third-order valence-electron chi connectivity index (χ3n) is 3.20. The van der Waals surface area contributed by atoms with E-state index in [2.05, 4.69) is 43.1 Å². The molecule has 0 bridgehead atoms. The molecule has 106 valence electrons. The van der Waals surface area contributed by atoms with E-state index in [-0.39, 0.29) is 5.54 Å². The molecule has 1 saturated heterocycles. The van der Waals surface area contributed by atoms with Crippen LogP contribution < -0.4 is 10.2 Å². The van der Waals surface area contributed by atoms with Gasteiger partial charge in [0.05, 0.1) is 0 Å². The number of benzene rings is 1. The van der Waals surface area contributed by atoms with Gasteiger partial charge in [-0.3, -0.25) is 0 Å². The molecular formula is C15H23ClN2S. The van der Waals surface area contributed by atoms with Crippen LogP contribution in [-0.4, -0.2) is 30.1 Å². The van der Waals surface area contributed by atoms with E-state index in [4.69, 9.17) is 11.6 Å². The number of hydrogen-bond donors (Lipinski definition) is 1. The number of nitrogens with one attached hydrogen (secondary N) is 1. The first kappa shape index (κ1) is 15.0. The van der Waals surface area contributed by atoms with Crippen LogP contribution in [0.15, 0.2) is 18.2 Å². The van der Waals surface area contributed by atoms with Crippen molar-refractivity contribution in [1.29, 1.82) is 0 Å².